The Morgan fingerprint density at radius 1 is 0.939 bits per heavy atom. The van der Waals surface area contributed by atoms with Gasteiger partial charge < -0.3 is 19.0 Å². The Balaban J connectivity index is 0.000000145. The lowest BCUT2D eigenvalue weighted by Crippen LogP contribution is -2.26. The van der Waals surface area contributed by atoms with Crippen LogP contribution >= 0.6 is 23.4 Å². The first-order valence-corrected chi connectivity index (χ1v) is 17.3. The molecule has 2 aliphatic heterocycles. The summed E-state index contributed by atoms with van der Waals surface area (Å²) >= 11 is 8.03. The second-order valence-corrected chi connectivity index (χ2v) is 13.6. The van der Waals surface area contributed by atoms with E-state index in [1.165, 1.54) is 20.9 Å². The molecule has 0 saturated carbocycles. The molecule has 49 heavy (non-hydrogen) atoms. The molecule has 12 heteroatoms. The number of nitrogens with zero attached hydrogens (tertiary/aromatic N) is 4. The summed E-state index contributed by atoms with van der Waals surface area (Å²) in [6.07, 6.45) is 3.94. The molecule has 0 unspecified atom stereocenters. The van der Waals surface area contributed by atoms with Crippen LogP contribution in [-0.2, 0) is 17.7 Å². The third-order valence-corrected chi connectivity index (χ3v) is 10.2. The fourth-order valence-corrected chi connectivity index (χ4v) is 7.60. The molecule has 8 nitrogen and oxygen atoms in total. The van der Waals surface area contributed by atoms with Crippen molar-refractivity contribution in [3.05, 3.63) is 132 Å². The Labute approximate surface area is 293 Å². The highest BCUT2D eigenvalue weighted by Gasteiger charge is 2.27. The first-order chi connectivity index (χ1) is 24.0. The molecule has 5 aromatic carbocycles. The van der Waals surface area contributed by atoms with Crippen LogP contribution in [0.1, 0.15) is 11.1 Å². The number of aromatic nitrogens is 5. The van der Waals surface area contributed by atoms with Crippen LogP contribution in [0.3, 0.4) is 0 Å². The van der Waals surface area contributed by atoms with E-state index in [2.05, 4.69) is 86.0 Å². The molecule has 0 saturated heterocycles. The summed E-state index contributed by atoms with van der Waals surface area (Å²) in [6, 6.07) is 36.4. The van der Waals surface area contributed by atoms with Gasteiger partial charge in [-0.15, -0.1) is 10.2 Å². The number of rotatable bonds is 6. The minimum Gasteiger partial charge on any atom is -0.458 e. The highest BCUT2D eigenvalue weighted by molar-refractivity contribution is 7.99. The van der Waals surface area contributed by atoms with Crippen LogP contribution in [0.4, 0.5) is 0 Å². The number of aromatic amines is 1. The molecule has 0 bridgehead atoms. The Morgan fingerprint density at radius 2 is 1.80 bits per heavy atom. The molecule has 0 spiro atoms. The molecule has 0 aliphatic carbocycles. The fourth-order valence-electron chi connectivity index (χ4n) is 6.45. The number of benzene rings is 5. The summed E-state index contributed by atoms with van der Waals surface area (Å²) in [4.78, 5) is 2.36. The normalized spacial score (nSPS) is 13.3. The average Bonchev–Trinajstić information content (AvgIpc) is 3.94. The molecule has 0 amide bonds. The second kappa shape index (κ2) is 13.6. The van der Waals surface area contributed by atoms with Crippen LogP contribution in [0, 0.1) is 0 Å². The van der Waals surface area contributed by atoms with Crippen LogP contribution in [0.2, 0.25) is 18.2 Å². The van der Waals surface area contributed by atoms with E-state index in [0.29, 0.717) is 12.4 Å². The first kappa shape index (κ1) is 31.5. The third-order valence-electron chi connectivity index (χ3n) is 8.89. The molecule has 0 fully saturated rings. The number of hydrogen-bond donors (Lipinski definition) is 2. The number of hydrogen-bond acceptors (Lipinski definition) is 7. The number of ether oxygens (including phenoxy) is 1. The van der Waals surface area contributed by atoms with Crippen molar-refractivity contribution in [2.45, 2.75) is 36.0 Å². The van der Waals surface area contributed by atoms with E-state index in [1.807, 2.05) is 61.4 Å². The second-order valence-electron chi connectivity index (χ2n) is 12.0. The summed E-state index contributed by atoms with van der Waals surface area (Å²) in [5.41, 5.74) is 7.70. The zero-order chi connectivity index (χ0) is 33.3. The standard InChI is InChI=1S/C22H17BClNOS.C15H13BN4O2/c24-16-7-9-21-19(12-16)22(27-18-4-2-1-3-5-18)14-25(21)17-8-6-15-10-11-23(26)20(15)13-17;1-16-14-11(9-21-16)3-2-4-13(14)22-12-7-5-10(6-8-12)15-17-19-20-18-15/h1-9,12-14,26H,10-11H2;2-8H,9H2,1H3,(H,17,18,19,20). The van der Waals surface area contributed by atoms with E-state index in [4.69, 9.17) is 21.0 Å². The molecule has 2 N–H and O–H groups in total. The maximum Gasteiger partial charge on any atom is 0.328 e. The Morgan fingerprint density at radius 3 is 2.61 bits per heavy atom. The smallest absolute Gasteiger partial charge is 0.328 e. The van der Waals surface area contributed by atoms with Gasteiger partial charge in [-0.2, -0.15) is 5.21 Å². The van der Waals surface area contributed by atoms with Crippen molar-refractivity contribution in [1.29, 1.82) is 0 Å². The van der Waals surface area contributed by atoms with Crippen LogP contribution in [0.15, 0.2) is 125 Å². The largest absolute Gasteiger partial charge is 0.458 e. The summed E-state index contributed by atoms with van der Waals surface area (Å²) in [5.74, 6) is 2.17. The van der Waals surface area contributed by atoms with Gasteiger partial charge in [0.25, 0.3) is 0 Å². The van der Waals surface area contributed by atoms with E-state index >= 15 is 0 Å². The Kier molecular flexibility index (Phi) is 8.74. The van der Waals surface area contributed by atoms with E-state index in [-0.39, 0.29) is 13.8 Å². The molecule has 7 aromatic rings. The zero-order valence-electron chi connectivity index (χ0n) is 26.6. The molecule has 0 radical (unpaired) electrons. The fraction of sp³-hybridized carbons (Fsp3) is 0.108. The van der Waals surface area contributed by atoms with Gasteiger partial charge in [0.15, 0.2) is 0 Å². The van der Waals surface area contributed by atoms with Crippen molar-refractivity contribution in [2.24, 2.45) is 0 Å². The zero-order valence-corrected chi connectivity index (χ0v) is 28.2. The summed E-state index contributed by atoms with van der Waals surface area (Å²) < 4.78 is 13.9. The Hall–Kier alpha value is -4.80. The maximum atomic E-state index is 10.3. The molecule has 4 heterocycles. The van der Waals surface area contributed by atoms with Gasteiger partial charge in [-0.3, -0.25) is 0 Å². The van der Waals surface area contributed by atoms with Gasteiger partial charge in [0.1, 0.15) is 11.5 Å². The van der Waals surface area contributed by atoms with Crippen LogP contribution in [-0.4, -0.2) is 44.0 Å². The number of halogens is 1. The maximum absolute atomic E-state index is 10.3. The predicted molar refractivity (Wildman–Crippen MR) is 197 cm³/mol. The monoisotopic (exact) mass is 681 g/mol. The van der Waals surface area contributed by atoms with E-state index < -0.39 is 0 Å². The number of fused-ring (bicyclic) bond motifs is 3. The predicted octanol–water partition coefficient (Wildman–Crippen LogP) is 7.20. The Bertz CT molecular complexity index is 2250. The lowest BCUT2D eigenvalue weighted by atomic mass is 9.63. The SMILES string of the molecule is CB1OCc2cccc(Oc3ccc(-c4nn[nH]n4)cc3)c21.OB1CCc2ccc(-n3cc(Sc4ccccc4)c4cc(Cl)ccc43)cc21. The lowest BCUT2D eigenvalue weighted by molar-refractivity contribution is 0.333. The van der Waals surface area contributed by atoms with Crippen molar-refractivity contribution in [2.75, 3.05) is 0 Å². The van der Waals surface area contributed by atoms with Crippen molar-refractivity contribution in [1.82, 2.24) is 25.2 Å². The molecule has 240 valence electrons. The third kappa shape index (κ3) is 6.50. The van der Waals surface area contributed by atoms with Gasteiger partial charge in [-0.1, -0.05) is 72.1 Å². The summed E-state index contributed by atoms with van der Waals surface area (Å²) in [6.45, 7) is 2.39. The topological polar surface area (TPSA) is 98.1 Å². The van der Waals surface area contributed by atoms with Crippen molar-refractivity contribution >= 4 is 59.0 Å². The number of aryl methyl sites for hydroxylation is 1. The van der Waals surface area contributed by atoms with E-state index in [1.54, 1.807) is 11.8 Å². The highest BCUT2D eigenvalue weighted by Crippen LogP contribution is 2.37. The summed E-state index contributed by atoms with van der Waals surface area (Å²) in [5, 5.41) is 26.0. The van der Waals surface area contributed by atoms with Crippen molar-refractivity contribution in [3.63, 3.8) is 0 Å². The van der Waals surface area contributed by atoms with Crippen LogP contribution in [0.25, 0.3) is 28.0 Å². The molecular formula is C37H30B2ClN5O3S. The molecule has 9 rings (SSSR count). The van der Waals surface area contributed by atoms with Crippen molar-refractivity contribution < 1.29 is 14.4 Å². The minimum atomic E-state index is -0.352. The lowest BCUT2D eigenvalue weighted by Gasteiger charge is -2.11. The van der Waals surface area contributed by atoms with Crippen LogP contribution < -0.4 is 15.7 Å². The van der Waals surface area contributed by atoms with Crippen LogP contribution in [0.5, 0.6) is 11.5 Å². The van der Waals surface area contributed by atoms with Gasteiger partial charge in [0.05, 0.1) is 12.1 Å². The molecule has 2 aliphatic rings. The van der Waals surface area contributed by atoms with Gasteiger partial charge in [0.2, 0.25) is 5.82 Å². The van der Waals surface area contributed by atoms with E-state index in [9.17, 15) is 5.02 Å². The van der Waals surface area contributed by atoms with Gasteiger partial charge in [-0.05, 0) is 107 Å². The van der Waals surface area contributed by atoms with Crippen molar-refractivity contribution in [3.8, 4) is 28.6 Å². The minimum absolute atomic E-state index is 0.0600. The quantitative estimate of drug-likeness (QED) is 0.179. The number of tetrazole rings is 1. The average molecular weight is 682 g/mol. The molecule has 0 atom stereocenters. The number of H-pyrrole nitrogens is 1. The van der Waals surface area contributed by atoms with Gasteiger partial charge >= 0.3 is 13.8 Å². The molecular weight excluding hydrogens is 652 g/mol. The summed E-state index contributed by atoms with van der Waals surface area (Å²) in [7, 11) is 0. The van der Waals surface area contributed by atoms with Gasteiger partial charge in [0, 0.05) is 37.6 Å². The van der Waals surface area contributed by atoms with E-state index in [0.717, 1.165) is 62.3 Å². The van der Waals surface area contributed by atoms with Gasteiger partial charge in [-0.25, -0.2) is 0 Å². The highest BCUT2D eigenvalue weighted by atomic mass is 35.5. The molecule has 2 aromatic heterocycles. The number of nitrogens with one attached hydrogen (secondary N) is 1. The first-order valence-electron chi connectivity index (χ1n) is 16.1.